The molecule has 0 aliphatic rings. The maximum Gasteiger partial charge on any atom is 0.290 e. The largest absolute Gasteiger partial charge is 0.345 e. The molecule has 0 aliphatic heterocycles. The number of nitrogens with one attached hydrogen (secondary N) is 2. The Hall–Kier alpha value is -2.17. The van der Waals surface area contributed by atoms with Crippen molar-refractivity contribution in [3.05, 3.63) is 35.9 Å². The molecule has 0 heterocycles. The molecule has 0 radical (unpaired) electrons. The summed E-state index contributed by atoms with van der Waals surface area (Å²) in [4.78, 5) is 36.0. The molecule has 0 saturated carbocycles. The van der Waals surface area contributed by atoms with Gasteiger partial charge in [0, 0.05) is 5.54 Å². The smallest absolute Gasteiger partial charge is 0.290 e. The summed E-state index contributed by atoms with van der Waals surface area (Å²) in [6.45, 7) is 7.16. The van der Waals surface area contributed by atoms with Gasteiger partial charge in [0.2, 0.25) is 11.7 Å². The van der Waals surface area contributed by atoms with Crippen molar-refractivity contribution < 1.29 is 14.4 Å². The molecule has 1 aromatic rings. The van der Waals surface area contributed by atoms with Crippen LogP contribution in [0.4, 0.5) is 0 Å². The molecule has 2 amide bonds. The van der Waals surface area contributed by atoms with E-state index >= 15 is 0 Å². The van der Waals surface area contributed by atoms with Crippen LogP contribution < -0.4 is 10.6 Å². The van der Waals surface area contributed by atoms with Crippen LogP contribution in [-0.4, -0.2) is 29.2 Å². The minimum atomic E-state index is -0.793. The molecule has 2 N–H and O–H groups in total. The number of ketones is 1. The monoisotopic (exact) mass is 304 g/mol. The minimum absolute atomic E-state index is 0.186. The highest BCUT2D eigenvalue weighted by Crippen LogP contribution is 2.03. The summed E-state index contributed by atoms with van der Waals surface area (Å²) in [7, 11) is 0. The normalized spacial score (nSPS) is 12.4. The number of benzene rings is 1. The van der Waals surface area contributed by atoms with Gasteiger partial charge in [-0.3, -0.25) is 14.4 Å². The van der Waals surface area contributed by atoms with E-state index in [2.05, 4.69) is 10.6 Å². The second-order valence-electron chi connectivity index (χ2n) is 6.26. The predicted octanol–water partition coefficient (Wildman–Crippen LogP) is 1.61. The van der Waals surface area contributed by atoms with Crippen LogP contribution in [-0.2, 0) is 20.8 Å². The third-order valence-electron chi connectivity index (χ3n) is 2.98. The van der Waals surface area contributed by atoms with Crippen molar-refractivity contribution in [2.24, 2.45) is 0 Å². The molecule has 0 saturated heterocycles. The number of Topliss-reactive ketones (excluding diaryl/α,β-unsaturated/α-hetero) is 1. The van der Waals surface area contributed by atoms with E-state index in [1.165, 1.54) is 0 Å². The maximum atomic E-state index is 12.1. The molecule has 120 valence electrons. The third-order valence-corrected chi connectivity index (χ3v) is 2.98. The van der Waals surface area contributed by atoms with Gasteiger partial charge in [0.25, 0.3) is 5.91 Å². The molecular formula is C17H24N2O3. The molecule has 1 aromatic carbocycles. The summed E-state index contributed by atoms with van der Waals surface area (Å²) < 4.78 is 0. The van der Waals surface area contributed by atoms with Crippen LogP contribution in [0, 0.1) is 0 Å². The molecule has 0 spiro atoms. The van der Waals surface area contributed by atoms with Gasteiger partial charge in [0.05, 0.1) is 12.5 Å². The van der Waals surface area contributed by atoms with E-state index in [0.717, 1.165) is 5.56 Å². The van der Waals surface area contributed by atoms with Gasteiger partial charge in [-0.2, -0.15) is 0 Å². The van der Waals surface area contributed by atoms with Crippen LogP contribution in [0.15, 0.2) is 30.3 Å². The summed E-state index contributed by atoms with van der Waals surface area (Å²) in [6.07, 6.45) is 0.558. The molecule has 1 rings (SSSR count). The number of hydrogen-bond donors (Lipinski definition) is 2. The van der Waals surface area contributed by atoms with Gasteiger partial charge in [-0.25, -0.2) is 0 Å². The molecule has 22 heavy (non-hydrogen) atoms. The average molecular weight is 304 g/mol. The van der Waals surface area contributed by atoms with Crippen molar-refractivity contribution in [2.45, 2.75) is 52.1 Å². The molecule has 5 nitrogen and oxygen atoms in total. The topological polar surface area (TPSA) is 75.3 Å². The second-order valence-corrected chi connectivity index (χ2v) is 6.26. The Morgan fingerprint density at radius 2 is 1.68 bits per heavy atom. The number of amides is 2. The SMILES string of the molecule is CC[C@H](NC(=O)Cc1ccccc1)C(=O)C(=O)NC(C)(C)C. The van der Waals surface area contributed by atoms with Crippen LogP contribution in [0.5, 0.6) is 0 Å². The first-order valence-corrected chi connectivity index (χ1v) is 7.42. The van der Waals surface area contributed by atoms with Crippen molar-refractivity contribution in [2.75, 3.05) is 0 Å². The lowest BCUT2D eigenvalue weighted by atomic mass is 10.1. The van der Waals surface area contributed by atoms with Gasteiger partial charge >= 0.3 is 0 Å². The Labute approximate surface area is 131 Å². The Bertz CT molecular complexity index is 533. The van der Waals surface area contributed by atoms with Gasteiger partial charge < -0.3 is 10.6 Å². The van der Waals surface area contributed by atoms with Crippen LogP contribution >= 0.6 is 0 Å². The lowest BCUT2D eigenvalue weighted by Crippen LogP contribution is -2.51. The zero-order valence-electron chi connectivity index (χ0n) is 13.6. The van der Waals surface area contributed by atoms with Crippen LogP contribution in [0.2, 0.25) is 0 Å². The third kappa shape index (κ3) is 6.08. The summed E-state index contributed by atoms with van der Waals surface area (Å²) >= 11 is 0. The van der Waals surface area contributed by atoms with Crippen molar-refractivity contribution in [3.63, 3.8) is 0 Å². The van der Waals surface area contributed by atoms with Crippen LogP contribution in [0.1, 0.15) is 39.7 Å². The molecular weight excluding hydrogens is 280 g/mol. The van der Waals surface area contributed by atoms with E-state index in [9.17, 15) is 14.4 Å². The van der Waals surface area contributed by atoms with Gasteiger partial charge in [-0.05, 0) is 32.8 Å². The van der Waals surface area contributed by atoms with Gasteiger partial charge in [0.1, 0.15) is 0 Å². The highest BCUT2D eigenvalue weighted by Gasteiger charge is 2.27. The van der Waals surface area contributed by atoms with E-state index in [-0.39, 0.29) is 12.3 Å². The van der Waals surface area contributed by atoms with E-state index in [0.29, 0.717) is 6.42 Å². The van der Waals surface area contributed by atoms with E-state index < -0.39 is 23.3 Å². The zero-order valence-corrected chi connectivity index (χ0v) is 13.6. The molecule has 0 bridgehead atoms. The summed E-state index contributed by atoms with van der Waals surface area (Å²) in [5.74, 6) is -1.55. The fourth-order valence-electron chi connectivity index (χ4n) is 1.94. The molecule has 0 aromatic heterocycles. The standard InChI is InChI=1S/C17H24N2O3/c1-5-13(15(21)16(22)19-17(2,3)4)18-14(20)11-12-9-7-6-8-10-12/h6-10,13H,5,11H2,1-4H3,(H,18,20)(H,19,22)/t13-/m0/s1. The maximum absolute atomic E-state index is 12.1. The number of rotatable bonds is 6. The first-order valence-electron chi connectivity index (χ1n) is 7.42. The van der Waals surface area contributed by atoms with Crippen molar-refractivity contribution in [1.82, 2.24) is 10.6 Å². The van der Waals surface area contributed by atoms with E-state index in [1.54, 1.807) is 27.7 Å². The van der Waals surface area contributed by atoms with Crippen molar-refractivity contribution in [3.8, 4) is 0 Å². The highest BCUT2D eigenvalue weighted by molar-refractivity contribution is 6.38. The minimum Gasteiger partial charge on any atom is -0.345 e. The van der Waals surface area contributed by atoms with Crippen LogP contribution in [0.25, 0.3) is 0 Å². The molecule has 1 atom stereocenters. The lowest BCUT2D eigenvalue weighted by molar-refractivity contribution is -0.140. The fraction of sp³-hybridized carbons (Fsp3) is 0.471. The fourth-order valence-corrected chi connectivity index (χ4v) is 1.94. The van der Waals surface area contributed by atoms with Gasteiger partial charge in [-0.1, -0.05) is 37.3 Å². The van der Waals surface area contributed by atoms with Gasteiger partial charge in [0.15, 0.2) is 0 Å². The quantitative estimate of drug-likeness (QED) is 0.784. The number of carbonyl (C=O) groups is 3. The zero-order chi connectivity index (χ0) is 16.8. The highest BCUT2D eigenvalue weighted by atomic mass is 16.2. The Morgan fingerprint density at radius 3 is 2.18 bits per heavy atom. The van der Waals surface area contributed by atoms with Crippen molar-refractivity contribution in [1.29, 1.82) is 0 Å². The summed E-state index contributed by atoms with van der Waals surface area (Å²) in [5, 5.41) is 5.25. The van der Waals surface area contributed by atoms with Crippen LogP contribution in [0.3, 0.4) is 0 Å². The molecule has 0 aliphatic carbocycles. The number of hydrogen-bond acceptors (Lipinski definition) is 3. The van der Waals surface area contributed by atoms with E-state index in [4.69, 9.17) is 0 Å². The average Bonchev–Trinajstić information content (AvgIpc) is 2.43. The Kier molecular flexibility index (Phi) is 6.28. The Balaban J connectivity index is 2.62. The molecule has 5 heteroatoms. The number of carbonyl (C=O) groups excluding carboxylic acids is 3. The van der Waals surface area contributed by atoms with Crippen molar-refractivity contribution >= 4 is 17.6 Å². The second kappa shape index (κ2) is 7.73. The predicted molar refractivity (Wildman–Crippen MR) is 85.3 cm³/mol. The van der Waals surface area contributed by atoms with E-state index in [1.807, 2.05) is 30.3 Å². The first kappa shape index (κ1) is 17.9. The van der Waals surface area contributed by atoms with Gasteiger partial charge in [-0.15, -0.1) is 0 Å². The molecule has 0 unspecified atom stereocenters. The summed E-state index contributed by atoms with van der Waals surface area (Å²) in [6, 6.07) is 8.46. The first-order chi connectivity index (χ1) is 10.2. The Morgan fingerprint density at radius 1 is 1.09 bits per heavy atom. The summed E-state index contributed by atoms with van der Waals surface area (Å²) in [5.41, 5.74) is 0.375. The molecule has 0 fully saturated rings. The lowest BCUT2D eigenvalue weighted by Gasteiger charge is -2.22.